The number of ether oxygens (including phenoxy) is 2. The summed E-state index contributed by atoms with van der Waals surface area (Å²) in [6.45, 7) is 1.22. The first-order valence-corrected chi connectivity index (χ1v) is 6.11. The SMILES string of the molecule is O=C(NOC1CCOC1)C1Cc2ccccc2O1. The van der Waals surface area contributed by atoms with Gasteiger partial charge in [0, 0.05) is 19.4 Å². The molecule has 2 unspecified atom stereocenters. The van der Waals surface area contributed by atoms with Crippen molar-refractivity contribution in [3.8, 4) is 5.75 Å². The summed E-state index contributed by atoms with van der Waals surface area (Å²) in [5.74, 6) is 0.542. The lowest BCUT2D eigenvalue weighted by Gasteiger charge is -2.13. The molecule has 0 saturated carbocycles. The average molecular weight is 249 g/mol. The van der Waals surface area contributed by atoms with Crippen molar-refractivity contribution in [3.05, 3.63) is 29.8 Å². The minimum absolute atomic E-state index is 0.0438. The Hall–Kier alpha value is -1.59. The van der Waals surface area contributed by atoms with Gasteiger partial charge in [-0.05, 0) is 11.6 Å². The molecule has 0 aliphatic carbocycles. The predicted molar refractivity (Wildman–Crippen MR) is 63.0 cm³/mol. The number of amides is 1. The van der Waals surface area contributed by atoms with Gasteiger partial charge < -0.3 is 9.47 Å². The van der Waals surface area contributed by atoms with Gasteiger partial charge in [-0.25, -0.2) is 5.48 Å². The number of nitrogens with one attached hydrogen (secondary N) is 1. The highest BCUT2D eigenvalue weighted by Gasteiger charge is 2.29. The molecule has 2 aliphatic heterocycles. The van der Waals surface area contributed by atoms with E-state index in [1.807, 2.05) is 24.3 Å². The van der Waals surface area contributed by atoms with Gasteiger partial charge in [-0.3, -0.25) is 9.63 Å². The maximum atomic E-state index is 11.9. The van der Waals surface area contributed by atoms with Crippen LogP contribution in [-0.2, 0) is 20.8 Å². The van der Waals surface area contributed by atoms with E-state index >= 15 is 0 Å². The molecule has 5 nitrogen and oxygen atoms in total. The van der Waals surface area contributed by atoms with Crippen LogP contribution in [0, 0.1) is 0 Å². The molecule has 1 aromatic carbocycles. The van der Waals surface area contributed by atoms with E-state index in [1.165, 1.54) is 0 Å². The monoisotopic (exact) mass is 249 g/mol. The summed E-state index contributed by atoms with van der Waals surface area (Å²) in [5, 5.41) is 0. The van der Waals surface area contributed by atoms with Crippen molar-refractivity contribution in [1.82, 2.24) is 5.48 Å². The Morgan fingerprint density at radius 3 is 3.06 bits per heavy atom. The van der Waals surface area contributed by atoms with Gasteiger partial charge in [0.2, 0.25) is 0 Å². The molecule has 96 valence electrons. The topological polar surface area (TPSA) is 56.8 Å². The van der Waals surface area contributed by atoms with E-state index in [1.54, 1.807) is 0 Å². The van der Waals surface area contributed by atoms with Gasteiger partial charge in [0.05, 0.1) is 6.61 Å². The van der Waals surface area contributed by atoms with Gasteiger partial charge in [0.25, 0.3) is 5.91 Å². The van der Waals surface area contributed by atoms with E-state index < -0.39 is 6.10 Å². The fourth-order valence-corrected chi connectivity index (χ4v) is 2.14. The number of benzene rings is 1. The van der Waals surface area contributed by atoms with Crippen LogP contribution >= 0.6 is 0 Å². The minimum Gasteiger partial charge on any atom is -0.480 e. The number of fused-ring (bicyclic) bond motifs is 1. The highest BCUT2D eigenvalue weighted by atomic mass is 16.7. The lowest BCUT2D eigenvalue weighted by atomic mass is 10.1. The number of rotatable bonds is 3. The fourth-order valence-electron chi connectivity index (χ4n) is 2.14. The number of hydrogen-bond acceptors (Lipinski definition) is 4. The molecule has 1 N–H and O–H groups in total. The van der Waals surface area contributed by atoms with E-state index in [0.717, 1.165) is 17.7 Å². The maximum Gasteiger partial charge on any atom is 0.284 e. The molecular weight excluding hydrogens is 234 g/mol. The molecule has 1 fully saturated rings. The summed E-state index contributed by atoms with van der Waals surface area (Å²) in [6.07, 6.45) is 0.862. The summed E-state index contributed by atoms with van der Waals surface area (Å²) < 4.78 is 10.7. The Kier molecular flexibility index (Phi) is 3.17. The zero-order valence-corrected chi connectivity index (χ0v) is 9.93. The second kappa shape index (κ2) is 4.96. The highest BCUT2D eigenvalue weighted by Crippen LogP contribution is 2.28. The standard InChI is InChI=1S/C13H15NO4/c15-13(14-18-10-5-6-16-8-10)12-7-9-3-1-2-4-11(9)17-12/h1-4,10,12H,5-8H2,(H,14,15). The van der Waals surface area contributed by atoms with Crippen molar-refractivity contribution in [2.45, 2.75) is 25.0 Å². The molecule has 0 radical (unpaired) electrons. The minimum atomic E-state index is -0.496. The molecule has 2 aliphatic rings. The van der Waals surface area contributed by atoms with Crippen molar-refractivity contribution in [1.29, 1.82) is 0 Å². The molecule has 3 rings (SSSR count). The van der Waals surface area contributed by atoms with E-state index in [2.05, 4.69) is 5.48 Å². The number of hydroxylamine groups is 1. The van der Waals surface area contributed by atoms with Crippen molar-refractivity contribution < 1.29 is 19.1 Å². The summed E-state index contributed by atoms with van der Waals surface area (Å²) in [5.41, 5.74) is 3.51. The summed E-state index contributed by atoms with van der Waals surface area (Å²) in [6, 6.07) is 7.67. The Balaban J connectivity index is 1.52. The zero-order chi connectivity index (χ0) is 12.4. The third kappa shape index (κ3) is 2.32. The molecule has 1 amide bonds. The van der Waals surface area contributed by atoms with E-state index in [9.17, 15) is 4.79 Å². The van der Waals surface area contributed by atoms with Gasteiger partial charge in [0.15, 0.2) is 6.10 Å². The van der Waals surface area contributed by atoms with Crippen LogP contribution in [0.25, 0.3) is 0 Å². The Morgan fingerprint density at radius 1 is 1.39 bits per heavy atom. The Bertz CT molecular complexity index is 417. The molecular formula is C13H15NO4. The van der Waals surface area contributed by atoms with Gasteiger partial charge in [-0.1, -0.05) is 18.2 Å². The van der Waals surface area contributed by atoms with Crippen LogP contribution in [-0.4, -0.2) is 31.3 Å². The fraction of sp³-hybridized carbons (Fsp3) is 0.462. The first-order valence-electron chi connectivity index (χ1n) is 6.11. The van der Waals surface area contributed by atoms with Crippen LogP contribution in [0.5, 0.6) is 5.75 Å². The third-order valence-corrected chi connectivity index (χ3v) is 3.15. The summed E-state index contributed by atoms with van der Waals surface area (Å²) in [7, 11) is 0. The molecule has 0 aromatic heterocycles. The predicted octanol–water partition coefficient (Wildman–Crippen LogP) is 0.827. The number of carbonyl (C=O) groups excluding carboxylic acids is 1. The molecule has 0 spiro atoms. The molecule has 1 aromatic rings. The molecule has 5 heteroatoms. The largest absolute Gasteiger partial charge is 0.480 e. The van der Waals surface area contributed by atoms with Crippen molar-refractivity contribution in [2.75, 3.05) is 13.2 Å². The van der Waals surface area contributed by atoms with Crippen LogP contribution < -0.4 is 10.2 Å². The van der Waals surface area contributed by atoms with Crippen molar-refractivity contribution in [2.24, 2.45) is 0 Å². The quantitative estimate of drug-likeness (QED) is 0.806. The number of para-hydroxylation sites is 1. The van der Waals surface area contributed by atoms with Crippen LogP contribution in [0.3, 0.4) is 0 Å². The second-order valence-corrected chi connectivity index (χ2v) is 4.49. The Labute approximate surface area is 105 Å². The smallest absolute Gasteiger partial charge is 0.284 e. The van der Waals surface area contributed by atoms with Crippen molar-refractivity contribution >= 4 is 5.91 Å². The van der Waals surface area contributed by atoms with Gasteiger partial charge in [-0.2, -0.15) is 0 Å². The number of carbonyl (C=O) groups is 1. The zero-order valence-electron chi connectivity index (χ0n) is 9.93. The highest BCUT2D eigenvalue weighted by molar-refractivity contribution is 5.81. The lowest BCUT2D eigenvalue weighted by Crippen LogP contribution is -2.39. The van der Waals surface area contributed by atoms with Crippen LogP contribution in [0.4, 0.5) is 0 Å². The normalized spacial score (nSPS) is 25.6. The van der Waals surface area contributed by atoms with Gasteiger partial charge in [0.1, 0.15) is 11.9 Å². The van der Waals surface area contributed by atoms with Gasteiger partial charge in [-0.15, -0.1) is 0 Å². The second-order valence-electron chi connectivity index (χ2n) is 4.49. The van der Waals surface area contributed by atoms with E-state index in [4.69, 9.17) is 14.3 Å². The average Bonchev–Trinajstić information content (AvgIpc) is 3.04. The van der Waals surface area contributed by atoms with Gasteiger partial charge >= 0.3 is 0 Å². The van der Waals surface area contributed by atoms with Crippen molar-refractivity contribution in [3.63, 3.8) is 0 Å². The maximum absolute atomic E-state index is 11.9. The molecule has 0 bridgehead atoms. The van der Waals surface area contributed by atoms with Crippen LogP contribution in [0.1, 0.15) is 12.0 Å². The van der Waals surface area contributed by atoms with Crippen LogP contribution in [0.2, 0.25) is 0 Å². The summed E-state index contributed by atoms with van der Waals surface area (Å²) in [4.78, 5) is 17.1. The van der Waals surface area contributed by atoms with E-state index in [0.29, 0.717) is 19.6 Å². The Morgan fingerprint density at radius 2 is 2.28 bits per heavy atom. The third-order valence-electron chi connectivity index (χ3n) is 3.15. The summed E-state index contributed by atoms with van der Waals surface area (Å²) >= 11 is 0. The molecule has 2 atom stereocenters. The molecule has 2 heterocycles. The first-order chi connectivity index (χ1) is 8.83. The molecule has 1 saturated heterocycles. The van der Waals surface area contributed by atoms with Crippen LogP contribution in [0.15, 0.2) is 24.3 Å². The lowest BCUT2D eigenvalue weighted by molar-refractivity contribution is -0.144. The van der Waals surface area contributed by atoms with E-state index in [-0.39, 0.29) is 12.0 Å². The number of hydrogen-bond donors (Lipinski definition) is 1. The molecule has 18 heavy (non-hydrogen) atoms. The first kappa shape index (κ1) is 11.5.